The molecule has 0 aromatic carbocycles. The monoisotopic (exact) mass is 385 g/mol. The molecule has 0 spiro atoms. The maximum Gasteiger partial charge on any atom is 0.328 e. The van der Waals surface area contributed by atoms with Gasteiger partial charge in [0.05, 0.1) is 19.0 Å². The fourth-order valence-corrected chi connectivity index (χ4v) is 3.89. The van der Waals surface area contributed by atoms with Crippen LogP contribution in [-0.2, 0) is 16.0 Å². The number of hydrogen-bond acceptors (Lipinski definition) is 6. The van der Waals surface area contributed by atoms with Crippen LogP contribution in [0.3, 0.4) is 0 Å². The van der Waals surface area contributed by atoms with Gasteiger partial charge >= 0.3 is 5.97 Å². The van der Waals surface area contributed by atoms with E-state index in [1.54, 1.807) is 4.68 Å². The predicted molar refractivity (Wildman–Crippen MR) is 97.6 cm³/mol. The Morgan fingerprint density at radius 1 is 1.43 bits per heavy atom. The fraction of sp³-hybridized carbons (Fsp3) is 0.526. The zero-order valence-electron chi connectivity index (χ0n) is 16.3. The third-order valence-electron chi connectivity index (χ3n) is 5.44. The Morgan fingerprint density at radius 3 is 2.82 bits per heavy atom. The molecule has 28 heavy (non-hydrogen) atoms. The van der Waals surface area contributed by atoms with Crippen LogP contribution in [-0.4, -0.2) is 39.8 Å². The smallest absolute Gasteiger partial charge is 0.328 e. The molecule has 4 rings (SSSR count). The molecule has 1 saturated carbocycles. The normalized spacial score (nSPS) is 20.9. The molecule has 9 heteroatoms. The van der Waals surface area contributed by atoms with Gasteiger partial charge in [-0.1, -0.05) is 20.8 Å². The van der Waals surface area contributed by atoms with Gasteiger partial charge in [-0.25, -0.2) is 14.5 Å². The number of fused-ring (bicyclic) bond motifs is 3. The summed E-state index contributed by atoms with van der Waals surface area (Å²) in [7, 11) is 1.30. The van der Waals surface area contributed by atoms with Crippen molar-refractivity contribution < 1.29 is 19.1 Å². The SMILES string of the molecule is COC(=O)[C@@H](NC(=O)c1nn(-c2c[n+]([O-])ccn2)c2c1C[C@H]1C[C@@H]21)C(C)(C)C. The van der Waals surface area contributed by atoms with Crippen molar-refractivity contribution >= 4 is 11.9 Å². The van der Waals surface area contributed by atoms with Gasteiger partial charge in [0, 0.05) is 11.5 Å². The Labute approximate surface area is 162 Å². The highest BCUT2D eigenvalue weighted by Gasteiger charge is 2.50. The molecule has 9 nitrogen and oxygen atoms in total. The van der Waals surface area contributed by atoms with E-state index in [-0.39, 0.29) is 5.69 Å². The van der Waals surface area contributed by atoms with Crippen LogP contribution in [0.4, 0.5) is 0 Å². The number of hydrogen-bond donors (Lipinski definition) is 1. The van der Waals surface area contributed by atoms with Gasteiger partial charge < -0.3 is 15.3 Å². The van der Waals surface area contributed by atoms with E-state index in [1.165, 1.54) is 25.7 Å². The Bertz CT molecular complexity index is 962. The maximum atomic E-state index is 13.0. The number of methoxy groups -OCH3 is 1. The van der Waals surface area contributed by atoms with Crippen molar-refractivity contribution in [3.05, 3.63) is 40.7 Å². The van der Waals surface area contributed by atoms with E-state index in [4.69, 9.17) is 4.74 Å². The second-order valence-corrected chi connectivity index (χ2v) is 8.50. The third kappa shape index (κ3) is 3.00. The van der Waals surface area contributed by atoms with Gasteiger partial charge in [0.15, 0.2) is 11.9 Å². The minimum absolute atomic E-state index is 0.281. The first-order valence-electron chi connectivity index (χ1n) is 9.26. The molecule has 0 aliphatic heterocycles. The number of rotatable bonds is 4. The van der Waals surface area contributed by atoms with Crippen molar-refractivity contribution in [1.29, 1.82) is 0 Å². The average molecular weight is 385 g/mol. The van der Waals surface area contributed by atoms with E-state index in [2.05, 4.69) is 15.4 Å². The van der Waals surface area contributed by atoms with Crippen molar-refractivity contribution in [3.63, 3.8) is 0 Å². The second kappa shape index (κ2) is 6.29. The highest BCUT2D eigenvalue weighted by Crippen LogP contribution is 2.57. The van der Waals surface area contributed by atoms with E-state index in [0.717, 1.165) is 24.1 Å². The van der Waals surface area contributed by atoms with Crippen molar-refractivity contribution in [2.45, 2.75) is 45.6 Å². The highest BCUT2D eigenvalue weighted by atomic mass is 16.5. The maximum absolute atomic E-state index is 13.0. The van der Waals surface area contributed by atoms with Crippen LogP contribution in [0.2, 0.25) is 0 Å². The molecular weight excluding hydrogens is 362 g/mol. The third-order valence-corrected chi connectivity index (χ3v) is 5.44. The first-order chi connectivity index (χ1) is 13.2. The lowest BCUT2D eigenvalue weighted by molar-refractivity contribution is -0.605. The van der Waals surface area contributed by atoms with Crippen LogP contribution in [0.25, 0.3) is 5.82 Å². The summed E-state index contributed by atoms with van der Waals surface area (Å²) < 4.78 is 7.11. The lowest BCUT2D eigenvalue weighted by Crippen LogP contribution is -2.49. The van der Waals surface area contributed by atoms with Crippen LogP contribution in [0.5, 0.6) is 0 Å². The zero-order valence-corrected chi connectivity index (χ0v) is 16.3. The van der Waals surface area contributed by atoms with Crippen LogP contribution in [0.1, 0.15) is 54.9 Å². The number of esters is 1. The van der Waals surface area contributed by atoms with E-state index < -0.39 is 23.3 Å². The van der Waals surface area contributed by atoms with Crippen molar-refractivity contribution in [2.24, 2.45) is 11.3 Å². The Hall–Kier alpha value is -2.97. The van der Waals surface area contributed by atoms with Crippen LogP contribution in [0.15, 0.2) is 18.6 Å². The number of aromatic nitrogens is 4. The summed E-state index contributed by atoms with van der Waals surface area (Å²) in [5.41, 5.74) is 1.58. The molecule has 1 amide bonds. The van der Waals surface area contributed by atoms with E-state index in [9.17, 15) is 14.8 Å². The predicted octanol–water partition coefficient (Wildman–Crippen LogP) is 0.878. The average Bonchev–Trinajstić information content (AvgIpc) is 3.13. The zero-order chi connectivity index (χ0) is 20.2. The summed E-state index contributed by atoms with van der Waals surface area (Å²) in [6.45, 7) is 5.57. The molecular formula is C19H23N5O4. The second-order valence-electron chi connectivity index (χ2n) is 8.50. The molecule has 2 aromatic heterocycles. The van der Waals surface area contributed by atoms with Gasteiger partial charge in [0.25, 0.3) is 5.91 Å². The largest absolute Gasteiger partial charge is 0.619 e. The van der Waals surface area contributed by atoms with Crippen LogP contribution >= 0.6 is 0 Å². The number of ether oxygens (including phenoxy) is 1. The van der Waals surface area contributed by atoms with Gasteiger partial charge in [0.1, 0.15) is 6.04 Å². The molecule has 0 unspecified atom stereocenters. The molecule has 1 N–H and O–H groups in total. The quantitative estimate of drug-likeness (QED) is 0.475. The fourth-order valence-electron chi connectivity index (χ4n) is 3.89. The van der Waals surface area contributed by atoms with Crippen LogP contribution in [0, 0.1) is 16.5 Å². The summed E-state index contributed by atoms with van der Waals surface area (Å²) >= 11 is 0. The van der Waals surface area contributed by atoms with Crippen molar-refractivity contribution in [3.8, 4) is 5.82 Å². The Kier molecular flexibility index (Phi) is 4.13. The molecule has 148 valence electrons. The summed E-state index contributed by atoms with van der Waals surface area (Å²) in [5, 5.41) is 18.9. The van der Waals surface area contributed by atoms with E-state index in [0.29, 0.717) is 22.4 Å². The molecule has 1 fully saturated rings. The summed E-state index contributed by atoms with van der Waals surface area (Å²) in [6.07, 6.45) is 5.85. The molecule has 2 heterocycles. The number of amides is 1. The number of carbonyl (C=O) groups is 2. The Balaban J connectivity index is 1.71. The van der Waals surface area contributed by atoms with Crippen molar-refractivity contribution in [1.82, 2.24) is 20.1 Å². The molecule has 0 bridgehead atoms. The Morgan fingerprint density at radius 2 is 2.18 bits per heavy atom. The van der Waals surface area contributed by atoms with Gasteiger partial charge in [-0.05, 0) is 24.2 Å². The molecule has 2 aliphatic carbocycles. The molecule has 3 atom stereocenters. The molecule has 0 saturated heterocycles. The van der Waals surface area contributed by atoms with Gasteiger partial charge in [0.2, 0.25) is 12.0 Å². The van der Waals surface area contributed by atoms with Gasteiger partial charge in [-0.15, -0.1) is 0 Å². The lowest BCUT2D eigenvalue weighted by atomic mass is 9.86. The minimum Gasteiger partial charge on any atom is -0.619 e. The molecule has 0 radical (unpaired) electrons. The van der Waals surface area contributed by atoms with Crippen LogP contribution < -0.4 is 10.0 Å². The standard InChI is InChI=1S/C19H23N5O4/c1-19(2,3)16(18(26)28-4)21-17(25)14-12-8-10-7-11(10)15(12)24(22-14)13-9-23(27)6-5-20-13/h5-6,9-11,16H,7-8H2,1-4H3,(H,21,25)/t10-,11-,16-/m1/s1. The minimum atomic E-state index is -0.805. The number of carbonyl (C=O) groups excluding carboxylic acids is 2. The van der Waals surface area contributed by atoms with Gasteiger partial charge in [-0.3, -0.25) is 4.79 Å². The summed E-state index contributed by atoms with van der Waals surface area (Å²) in [4.78, 5) is 29.4. The highest BCUT2D eigenvalue weighted by molar-refractivity contribution is 5.97. The number of nitrogens with zero attached hydrogens (tertiary/aromatic N) is 4. The molecule has 2 aromatic rings. The summed E-state index contributed by atoms with van der Waals surface area (Å²) in [5.74, 6) is 0.295. The van der Waals surface area contributed by atoms with Gasteiger partial charge in [-0.2, -0.15) is 9.83 Å². The molecule has 2 aliphatic rings. The van der Waals surface area contributed by atoms with Crippen molar-refractivity contribution in [2.75, 3.05) is 7.11 Å². The lowest BCUT2D eigenvalue weighted by Gasteiger charge is -2.28. The van der Waals surface area contributed by atoms with E-state index in [1.807, 2.05) is 20.8 Å². The van der Waals surface area contributed by atoms with E-state index >= 15 is 0 Å². The first-order valence-corrected chi connectivity index (χ1v) is 9.26. The topological polar surface area (TPSA) is 113 Å². The number of nitrogens with one attached hydrogen (secondary N) is 1. The summed E-state index contributed by atoms with van der Waals surface area (Å²) in [6, 6.07) is -0.805. The first kappa shape index (κ1) is 18.4.